The second-order valence-electron chi connectivity index (χ2n) is 8.61. The van der Waals surface area contributed by atoms with Gasteiger partial charge in [0.25, 0.3) is 0 Å². The summed E-state index contributed by atoms with van der Waals surface area (Å²) in [6.45, 7) is 0. The minimum Gasteiger partial charge on any atom is -0.497 e. The molecule has 0 amide bonds. The molecule has 5 aromatic rings. The fourth-order valence-corrected chi connectivity index (χ4v) is 4.73. The van der Waals surface area contributed by atoms with E-state index in [1.165, 1.54) is 10.8 Å². The van der Waals surface area contributed by atoms with Crippen molar-refractivity contribution < 1.29 is 19.4 Å². The number of para-hydroxylation sites is 2. The number of carboxylic acid groups (broad SMARTS) is 1. The van der Waals surface area contributed by atoms with Gasteiger partial charge in [-0.2, -0.15) is 0 Å². The minimum atomic E-state index is -0.927. The molecular weight excluding hydrogens is 438 g/mol. The summed E-state index contributed by atoms with van der Waals surface area (Å²) in [4.78, 5) is 24.5. The van der Waals surface area contributed by atoms with E-state index >= 15 is 0 Å². The standard InChI is InChI=1S/C30H25NO4/c1-35-24-16-12-21(13-17-24)29(32)18-22(19-30(33)34)20-10-14-23(15-11-20)31-27-8-4-2-6-25(27)26-7-3-5-9-28(26)31/h2-17,22H,18-19H2,1H3,(H,33,34). The van der Waals surface area contributed by atoms with Crippen molar-refractivity contribution in [1.29, 1.82) is 0 Å². The van der Waals surface area contributed by atoms with Crippen LogP contribution in [0.3, 0.4) is 0 Å². The lowest BCUT2D eigenvalue weighted by molar-refractivity contribution is -0.137. The number of carboxylic acids is 1. The number of ketones is 1. The minimum absolute atomic E-state index is 0.0922. The molecule has 1 aromatic heterocycles. The molecule has 0 bridgehead atoms. The van der Waals surface area contributed by atoms with Gasteiger partial charge in [-0.05, 0) is 54.1 Å². The predicted octanol–water partition coefficient (Wildman–Crippen LogP) is 6.62. The van der Waals surface area contributed by atoms with E-state index in [-0.39, 0.29) is 18.6 Å². The average molecular weight is 464 g/mol. The Bertz CT molecular complexity index is 1460. The van der Waals surface area contributed by atoms with E-state index in [1.807, 2.05) is 48.5 Å². The van der Waals surface area contributed by atoms with E-state index in [0.717, 1.165) is 22.3 Å². The van der Waals surface area contributed by atoms with Gasteiger partial charge in [0.2, 0.25) is 0 Å². The van der Waals surface area contributed by atoms with Crippen LogP contribution in [0, 0.1) is 0 Å². The molecule has 0 saturated heterocycles. The second kappa shape index (κ2) is 9.47. The molecule has 1 N–H and O–H groups in total. The van der Waals surface area contributed by atoms with Crippen molar-refractivity contribution in [3.63, 3.8) is 0 Å². The zero-order valence-corrected chi connectivity index (χ0v) is 19.3. The summed E-state index contributed by atoms with van der Waals surface area (Å²) in [6, 6.07) is 31.4. The number of fused-ring (bicyclic) bond motifs is 3. The lowest BCUT2D eigenvalue weighted by Gasteiger charge is -2.16. The Morgan fingerprint density at radius 1 is 0.771 bits per heavy atom. The molecule has 0 spiro atoms. The van der Waals surface area contributed by atoms with Crippen molar-refractivity contribution in [3.8, 4) is 11.4 Å². The first-order chi connectivity index (χ1) is 17.0. The van der Waals surface area contributed by atoms with Gasteiger partial charge in [-0.3, -0.25) is 9.59 Å². The highest BCUT2D eigenvalue weighted by molar-refractivity contribution is 6.09. The Kier molecular flexibility index (Phi) is 6.06. The summed E-state index contributed by atoms with van der Waals surface area (Å²) in [7, 11) is 1.57. The molecule has 5 nitrogen and oxygen atoms in total. The van der Waals surface area contributed by atoms with Crippen molar-refractivity contribution in [2.75, 3.05) is 7.11 Å². The number of aliphatic carboxylic acids is 1. The third-order valence-corrected chi connectivity index (χ3v) is 6.47. The predicted molar refractivity (Wildman–Crippen MR) is 138 cm³/mol. The van der Waals surface area contributed by atoms with E-state index in [4.69, 9.17) is 4.74 Å². The Balaban J connectivity index is 1.47. The van der Waals surface area contributed by atoms with Gasteiger partial charge in [0.15, 0.2) is 5.78 Å². The first-order valence-electron chi connectivity index (χ1n) is 11.5. The van der Waals surface area contributed by atoms with Crippen LogP contribution in [-0.4, -0.2) is 28.5 Å². The lowest BCUT2D eigenvalue weighted by atomic mass is 9.89. The maximum absolute atomic E-state index is 12.9. The van der Waals surface area contributed by atoms with Crippen molar-refractivity contribution in [2.24, 2.45) is 0 Å². The molecular formula is C30H25NO4. The van der Waals surface area contributed by atoms with Crippen LogP contribution in [0.1, 0.15) is 34.7 Å². The number of ether oxygens (including phenoxy) is 1. The molecule has 0 aliphatic heterocycles. The average Bonchev–Trinajstić information content (AvgIpc) is 3.22. The van der Waals surface area contributed by atoms with Crippen LogP contribution < -0.4 is 4.74 Å². The maximum Gasteiger partial charge on any atom is 0.303 e. The van der Waals surface area contributed by atoms with Crippen LogP contribution in [0.4, 0.5) is 0 Å². The zero-order valence-electron chi connectivity index (χ0n) is 19.3. The fourth-order valence-electron chi connectivity index (χ4n) is 4.73. The highest BCUT2D eigenvalue weighted by Gasteiger charge is 2.21. The van der Waals surface area contributed by atoms with Gasteiger partial charge < -0.3 is 14.4 Å². The first-order valence-corrected chi connectivity index (χ1v) is 11.5. The molecule has 1 heterocycles. The normalized spacial score (nSPS) is 12.0. The van der Waals surface area contributed by atoms with E-state index in [9.17, 15) is 14.7 Å². The van der Waals surface area contributed by atoms with Crippen LogP contribution in [-0.2, 0) is 4.79 Å². The number of nitrogens with zero attached hydrogens (tertiary/aromatic N) is 1. The summed E-state index contributed by atoms with van der Waals surface area (Å²) >= 11 is 0. The van der Waals surface area contributed by atoms with Gasteiger partial charge in [0.05, 0.1) is 24.6 Å². The molecule has 1 unspecified atom stereocenters. The molecule has 0 aliphatic rings. The number of benzene rings is 4. The van der Waals surface area contributed by atoms with Crippen LogP contribution >= 0.6 is 0 Å². The van der Waals surface area contributed by atoms with Crippen LogP contribution in [0.25, 0.3) is 27.5 Å². The van der Waals surface area contributed by atoms with Crippen molar-refractivity contribution >= 4 is 33.6 Å². The monoisotopic (exact) mass is 463 g/mol. The van der Waals surface area contributed by atoms with E-state index in [2.05, 4.69) is 28.8 Å². The second-order valence-corrected chi connectivity index (χ2v) is 8.61. The van der Waals surface area contributed by atoms with E-state index in [0.29, 0.717) is 11.3 Å². The summed E-state index contributed by atoms with van der Waals surface area (Å²) in [5, 5.41) is 11.9. The smallest absolute Gasteiger partial charge is 0.303 e. The van der Waals surface area contributed by atoms with Crippen LogP contribution in [0.15, 0.2) is 97.1 Å². The largest absolute Gasteiger partial charge is 0.497 e. The Hall–Kier alpha value is -4.38. The van der Waals surface area contributed by atoms with Gasteiger partial charge in [-0.25, -0.2) is 0 Å². The third-order valence-electron chi connectivity index (χ3n) is 6.47. The molecule has 174 valence electrons. The number of methoxy groups -OCH3 is 1. The van der Waals surface area contributed by atoms with Gasteiger partial charge in [-0.1, -0.05) is 48.5 Å². The van der Waals surface area contributed by atoms with Gasteiger partial charge in [0.1, 0.15) is 5.75 Å². The Morgan fingerprint density at radius 3 is 1.89 bits per heavy atom. The molecule has 5 rings (SSSR count). The van der Waals surface area contributed by atoms with Gasteiger partial charge >= 0.3 is 5.97 Å². The third kappa shape index (κ3) is 4.41. The quantitative estimate of drug-likeness (QED) is 0.263. The number of aromatic nitrogens is 1. The molecule has 4 aromatic carbocycles. The summed E-state index contributed by atoms with van der Waals surface area (Å²) in [5.41, 5.74) is 4.58. The number of carbonyl (C=O) groups excluding carboxylic acids is 1. The van der Waals surface area contributed by atoms with E-state index < -0.39 is 11.9 Å². The number of Topliss-reactive ketones (excluding diaryl/α,β-unsaturated/α-hetero) is 1. The number of carbonyl (C=O) groups is 2. The SMILES string of the molecule is COc1ccc(C(=O)CC(CC(=O)O)c2ccc(-n3c4ccccc4c4ccccc43)cc2)cc1. The van der Waals surface area contributed by atoms with Crippen LogP contribution in [0.2, 0.25) is 0 Å². The van der Waals surface area contributed by atoms with Gasteiger partial charge in [0, 0.05) is 34.4 Å². The Labute approximate surface area is 203 Å². The summed E-state index contributed by atoms with van der Waals surface area (Å²) < 4.78 is 7.37. The first kappa shape index (κ1) is 22.4. The fraction of sp³-hybridized carbons (Fsp3) is 0.133. The van der Waals surface area contributed by atoms with Crippen molar-refractivity contribution in [1.82, 2.24) is 4.57 Å². The van der Waals surface area contributed by atoms with Crippen molar-refractivity contribution in [3.05, 3.63) is 108 Å². The summed E-state index contributed by atoms with van der Waals surface area (Å²) in [5.74, 6) is -0.770. The lowest BCUT2D eigenvalue weighted by Crippen LogP contribution is -2.12. The molecule has 0 fully saturated rings. The molecule has 35 heavy (non-hydrogen) atoms. The van der Waals surface area contributed by atoms with Crippen molar-refractivity contribution in [2.45, 2.75) is 18.8 Å². The summed E-state index contributed by atoms with van der Waals surface area (Å²) in [6.07, 6.45) is 0.00395. The molecule has 0 radical (unpaired) electrons. The highest BCUT2D eigenvalue weighted by atomic mass is 16.5. The highest BCUT2D eigenvalue weighted by Crippen LogP contribution is 2.33. The molecule has 1 atom stereocenters. The van der Waals surface area contributed by atoms with E-state index in [1.54, 1.807) is 31.4 Å². The number of hydrogen-bond acceptors (Lipinski definition) is 3. The number of hydrogen-bond donors (Lipinski definition) is 1. The zero-order chi connectivity index (χ0) is 24.4. The molecule has 0 aliphatic carbocycles. The van der Waals surface area contributed by atoms with Crippen LogP contribution in [0.5, 0.6) is 5.75 Å². The van der Waals surface area contributed by atoms with Gasteiger partial charge in [-0.15, -0.1) is 0 Å². The molecule has 5 heteroatoms. The molecule has 0 saturated carbocycles. The Morgan fingerprint density at radius 2 is 1.34 bits per heavy atom. The number of rotatable bonds is 8. The maximum atomic E-state index is 12.9. The topological polar surface area (TPSA) is 68.5 Å².